The van der Waals surface area contributed by atoms with Crippen molar-refractivity contribution in [2.45, 2.75) is 0 Å². The molecule has 0 spiro atoms. The normalized spacial score (nSPS) is 10.0. The van der Waals surface area contributed by atoms with Crippen molar-refractivity contribution in [2.75, 3.05) is 5.32 Å². The minimum Gasteiger partial charge on any atom is -0.316 e. The maximum Gasteiger partial charge on any atom is 0.292 e. The monoisotopic (exact) mass is 332 g/mol. The fourth-order valence-corrected chi connectivity index (χ4v) is 1.90. The molecule has 24 heavy (non-hydrogen) atoms. The summed E-state index contributed by atoms with van der Waals surface area (Å²) in [5, 5.41) is 34.8. The van der Waals surface area contributed by atoms with Gasteiger partial charge in [0.1, 0.15) is 11.3 Å². The summed E-state index contributed by atoms with van der Waals surface area (Å²) in [7, 11) is 0. The van der Waals surface area contributed by atoms with Gasteiger partial charge in [0, 0.05) is 12.1 Å². The first kappa shape index (κ1) is 16.5. The number of nitrogens with zero attached hydrogens (tertiary/aromatic N) is 3. The topological polar surface area (TPSA) is 159 Å². The maximum absolute atomic E-state index is 12.2. The van der Waals surface area contributed by atoms with Crippen LogP contribution in [0.4, 0.5) is 22.7 Å². The molecule has 0 radical (unpaired) electrons. The van der Waals surface area contributed by atoms with Crippen LogP contribution in [-0.2, 0) is 0 Å². The molecular weight excluding hydrogens is 324 g/mol. The minimum atomic E-state index is -0.995. The Hall–Kier alpha value is -3.89. The number of benzene rings is 2. The summed E-state index contributed by atoms with van der Waals surface area (Å²) >= 11 is 0. The van der Waals surface area contributed by atoms with Crippen molar-refractivity contribution in [1.29, 1.82) is 0 Å². The molecule has 0 saturated carbocycles. The van der Waals surface area contributed by atoms with Gasteiger partial charge >= 0.3 is 0 Å². The standard InChI is InChI=1S/C13H8N4O7/c18-13(14-10-3-1-2-4-11(10)16(21)22)9-6-5-8(15(19)20)7-12(9)17(23)24/h1-7H,(H,14,18). The molecule has 0 fully saturated rings. The van der Waals surface area contributed by atoms with E-state index < -0.39 is 43.3 Å². The summed E-state index contributed by atoms with van der Waals surface area (Å²) in [6, 6.07) is 7.73. The van der Waals surface area contributed by atoms with Crippen molar-refractivity contribution in [2.24, 2.45) is 0 Å². The van der Waals surface area contributed by atoms with E-state index in [4.69, 9.17) is 0 Å². The molecule has 2 rings (SSSR count). The molecule has 0 saturated heterocycles. The summed E-state index contributed by atoms with van der Waals surface area (Å²) in [4.78, 5) is 42.3. The number of para-hydroxylation sites is 2. The summed E-state index contributed by atoms with van der Waals surface area (Å²) in [5.41, 5.74) is -2.33. The number of hydrogen-bond donors (Lipinski definition) is 1. The zero-order chi connectivity index (χ0) is 17.9. The molecule has 2 aromatic rings. The van der Waals surface area contributed by atoms with Crippen molar-refractivity contribution in [3.05, 3.63) is 78.4 Å². The van der Waals surface area contributed by atoms with E-state index in [2.05, 4.69) is 5.32 Å². The predicted molar refractivity (Wildman–Crippen MR) is 80.8 cm³/mol. The van der Waals surface area contributed by atoms with Crippen LogP contribution in [0.25, 0.3) is 0 Å². The fraction of sp³-hybridized carbons (Fsp3) is 0. The van der Waals surface area contributed by atoms with E-state index in [0.717, 1.165) is 18.2 Å². The average Bonchev–Trinajstić information content (AvgIpc) is 2.54. The number of hydrogen-bond acceptors (Lipinski definition) is 7. The molecule has 1 amide bonds. The number of nitro groups is 3. The van der Waals surface area contributed by atoms with Crippen LogP contribution in [0.15, 0.2) is 42.5 Å². The molecule has 11 nitrogen and oxygen atoms in total. The zero-order valence-electron chi connectivity index (χ0n) is 11.7. The Balaban J connectivity index is 2.42. The third-order valence-electron chi connectivity index (χ3n) is 2.98. The Morgan fingerprint density at radius 1 is 0.833 bits per heavy atom. The van der Waals surface area contributed by atoms with Gasteiger partial charge in [0.2, 0.25) is 0 Å². The lowest BCUT2D eigenvalue weighted by Gasteiger charge is -2.06. The van der Waals surface area contributed by atoms with Crippen LogP contribution in [-0.4, -0.2) is 20.7 Å². The fourth-order valence-electron chi connectivity index (χ4n) is 1.90. The van der Waals surface area contributed by atoms with Gasteiger partial charge in [0.15, 0.2) is 0 Å². The van der Waals surface area contributed by atoms with Crippen molar-refractivity contribution < 1.29 is 19.6 Å². The number of nitrogens with one attached hydrogen (secondary N) is 1. The van der Waals surface area contributed by atoms with Gasteiger partial charge in [-0.3, -0.25) is 35.1 Å². The van der Waals surface area contributed by atoms with Crippen LogP contribution in [0, 0.1) is 30.3 Å². The lowest BCUT2D eigenvalue weighted by Crippen LogP contribution is -2.15. The predicted octanol–water partition coefficient (Wildman–Crippen LogP) is 2.66. The van der Waals surface area contributed by atoms with Gasteiger partial charge in [-0.05, 0) is 12.1 Å². The van der Waals surface area contributed by atoms with Gasteiger partial charge in [-0.25, -0.2) is 0 Å². The van der Waals surface area contributed by atoms with Crippen LogP contribution in [0.2, 0.25) is 0 Å². The van der Waals surface area contributed by atoms with E-state index in [1.165, 1.54) is 18.2 Å². The molecule has 0 bridgehead atoms. The molecule has 0 unspecified atom stereocenters. The third-order valence-corrected chi connectivity index (χ3v) is 2.98. The van der Waals surface area contributed by atoms with E-state index >= 15 is 0 Å². The number of anilines is 1. The molecule has 0 heterocycles. The Morgan fingerprint density at radius 2 is 1.46 bits per heavy atom. The molecule has 0 aliphatic heterocycles. The average molecular weight is 332 g/mol. The SMILES string of the molecule is O=C(Nc1ccccc1[N+](=O)[O-])c1ccc([N+](=O)[O-])cc1[N+](=O)[O-]. The first-order valence-electron chi connectivity index (χ1n) is 6.29. The van der Waals surface area contributed by atoms with E-state index in [9.17, 15) is 35.1 Å². The van der Waals surface area contributed by atoms with Crippen LogP contribution in [0.1, 0.15) is 10.4 Å². The van der Waals surface area contributed by atoms with Crippen LogP contribution < -0.4 is 5.32 Å². The molecule has 0 aliphatic rings. The highest BCUT2D eigenvalue weighted by Crippen LogP contribution is 2.28. The molecule has 122 valence electrons. The summed E-state index contributed by atoms with van der Waals surface area (Å²) in [5.74, 6) is -0.995. The Morgan fingerprint density at radius 3 is 2.04 bits per heavy atom. The molecule has 0 aromatic heterocycles. The van der Waals surface area contributed by atoms with E-state index in [0.29, 0.717) is 6.07 Å². The zero-order valence-corrected chi connectivity index (χ0v) is 11.7. The van der Waals surface area contributed by atoms with Gasteiger partial charge in [-0.2, -0.15) is 0 Å². The molecule has 0 aliphatic carbocycles. The van der Waals surface area contributed by atoms with Crippen molar-refractivity contribution in [1.82, 2.24) is 0 Å². The van der Waals surface area contributed by atoms with E-state index in [-0.39, 0.29) is 5.69 Å². The number of carbonyl (C=O) groups is 1. The highest BCUT2D eigenvalue weighted by molar-refractivity contribution is 6.08. The van der Waals surface area contributed by atoms with E-state index in [1.54, 1.807) is 0 Å². The summed E-state index contributed by atoms with van der Waals surface area (Å²) in [6.07, 6.45) is 0. The Labute approximate surface area is 133 Å². The number of rotatable bonds is 5. The summed E-state index contributed by atoms with van der Waals surface area (Å²) in [6.45, 7) is 0. The van der Waals surface area contributed by atoms with Gasteiger partial charge in [-0.15, -0.1) is 0 Å². The summed E-state index contributed by atoms with van der Waals surface area (Å²) < 4.78 is 0. The molecule has 11 heteroatoms. The van der Waals surface area contributed by atoms with Crippen LogP contribution in [0.3, 0.4) is 0 Å². The number of nitro benzene ring substituents is 3. The lowest BCUT2D eigenvalue weighted by molar-refractivity contribution is -0.394. The van der Waals surface area contributed by atoms with Gasteiger partial charge in [0.05, 0.1) is 20.8 Å². The first-order valence-corrected chi connectivity index (χ1v) is 6.29. The second-order valence-electron chi connectivity index (χ2n) is 4.44. The lowest BCUT2D eigenvalue weighted by atomic mass is 10.1. The maximum atomic E-state index is 12.2. The van der Waals surface area contributed by atoms with E-state index in [1.807, 2.05) is 0 Å². The molecule has 1 N–H and O–H groups in total. The largest absolute Gasteiger partial charge is 0.316 e. The van der Waals surface area contributed by atoms with Gasteiger partial charge in [0.25, 0.3) is 23.0 Å². The molecule has 0 atom stereocenters. The molecule has 2 aromatic carbocycles. The second kappa shape index (κ2) is 6.48. The minimum absolute atomic E-state index is 0.153. The smallest absolute Gasteiger partial charge is 0.292 e. The highest BCUT2D eigenvalue weighted by atomic mass is 16.6. The Bertz CT molecular complexity index is 865. The van der Waals surface area contributed by atoms with Gasteiger partial charge < -0.3 is 5.32 Å². The molecular formula is C13H8N4O7. The highest BCUT2D eigenvalue weighted by Gasteiger charge is 2.25. The Kier molecular flexibility index (Phi) is 4.45. The van der Waals surface area contributed by atoms with Crippen LogP contribution in [0.5, 0.6) is 0 Å². The number of carbonyl (C=O) groups excluding carboxylic acids is 1. The van der Waals surface area contributed by atoms with Crippen molar-refractivity contribution in [3.8, 4) is 0 Å². The second-order valence-corrected chi connectivity index (χ2v) is 4.44. The van der Waals surface area contributed by atoms with Crippen molar-refractivity contribution in [3.63, 3.8) is 0 Å². The third kappa shape index (κ3) is 3.30. The number of non-ortho nitro benzene ring substituents is 1. The quantitative estimate of drug-likeness (QED) is 0.650. The van der Waals surface area contributed by atoms with Gasteiger partial charge in [-0.1, -0.05) is 12.1 Å². The first-order chi connectivity index (χ1) is 11.3. The van der Waals surface area contributed by atoms with Crippen molar-refractivity contribution >= 4 is 28.7 Å². The van der Waals surface area contributed by atoms with Crippen LogP contribution >= 0.6 is 0 Å². The number of amides is 1.